The minimum absolute atomic E-state index is 0.942. The Morgan fingerprint density at radius 3 is 2.33 bits per heavy atom. The highest BCUT2D eigenvalue weighted by atomic mass is 14.3. The SMILES string of the molecule is C=C/C(C=N)=C(/C)CC. The van der Waals surface area contributed by atoms with Crippen LogP contribution in [0.15, 0.2) is 23.8 Å². The van der Waals surface area contributed by atoms with Gasteiger partial charge >= 0.3 is 0 Å². The van der Waals surface area contributed by atoms with E-state index < -0.39 is 0 Å². The largest absolute Gasteiger partial charge is 0.308 e. The second kappa shape index (κ2) is 4.07. The van der Waals surface area contributed by atoms with Crippen molar-refractivity contribution in [2.24, 2.45) is 0 Å². The molecule has 0 aromatic rings. The molecule has 0 rings (SSSR count). The van der Waals surface area contributed by atoms with Crippen molar-refractivity contribution in [2.75, 3.05) is 0 Å². The Labute approximate surface area is 56.6 Å². The first-order valence-corrected chi connectivity index (χ1v) is 3.08. The van der Waals surface area contributed by atoms with Crippen molar-refractivity contribution in [1.29, 1.82) is 5.41 Å². The zero-order valence-electron chi connectivity index (χ0n) is 6.07. The number of nitrogens with one attached hydrogen (secondary N) is 1. The van der Waals surface area contributed by atoms with Gasteiger partial charge in [-0.1, -0.05) is 25.2 Å². The van der Waals surface area contributed by atoms with Crippen LogP contribution in [0.3, 0.4) is 0 Å². The first-order valence-electron chi connectivity index (χ1n) is 3.08. The molecule has 0 unspecified atom stereocenters. The fourth-order valence-corrected chi connectivity index (χ4v) is 0.560. The molecule has 1 nitrogen and oxygen atoms in total. The van der Waals surface area contributed by atoms with Crippen LogP contribution >= 0.6 is 0 Å². The third kappa shape index (κ3) is 2.27. The molecule has 0 aromatic heterocycles. The standard InChI is InChI=1S/C8H13N/c1-4-7(3)8(5-2)6-9/h5-6,9H,2,4H2,1,3H3/b8-7+,9-6?. The van der Waals surface area contributed by atoms with Crippen LogP contribution in [0.4, 0.5) is 0 Å². The Morgan fingerprint density at radius 1 is 1.67 bits per heavy atom. The summed E-state index contributed by atoms with van der Waals surface area (Å²) in [5.74, 6) is 0. The van der Waals surface area contributed by atoms with Crippen LogP contribution in [-0.2, 0) is 0 Å². The fourth-order valence-electron chi connectivity index (χ4n) is 0.560. The Bertz CT molecular complexity index is 133. The highest BCUT2D eigenvalue weighted by Crippen LogP contribution is 2.05. The van der Waals surface area contributed by atoms with Crippen molar-refractivity contribution >= 4 is 6.21 Å². The molecule has 0 amide bonds. The van der Waals surface area contributed by atoms with Crippen LogP contribution in [0.25, 0.3) is 0 Å². The van der Waals surface area contributed by atoms with Gasteiger partial charge in [-0.05, 0) is 18.9 Å². The molecular weight excluding hydrogens is 110 g/mol. The number of hydrogen-bond acceptors (Lipinski definition) is 1. The molecule has 0 radical (unpaired) electrons. The van der Waals surface area contributed by atoms with Gasteiger partial charge in [0.2, 0.25) is 0 Å². The summed E-state index contributed by atoms with van der Waals surface area (Å²) in [4.78, 5) is 0. The number of allylic oxidation sites excluding steroid dienone is 3. The molecule has 1 heteroatoms. The first kappa shape index (κ1) is 8.15. The molecule has 50 valence electrons. The van der Waals surface area contributed by atoms with E-state index in [-0.39, 0.29) is 0 Å². The highest BCUT2D eigenvalue weighted by molar-refractivity contribution is 5.80. The molecule has 0 saturated heterocycles. The minimum atomic E-state index is 0.942. The molecule has 1 N–H and O–H groups in total. The third-order valence-corrected chi connectivity index (χ3v) is 1.40. The van der Waals surface area contributed by atoms with Crippen LogP contribution in [0, 0.1) is 5.41 Å². The maximum absolute atomic E-state index is 6.94. The Balaban J connectivity index is 4.36. The highest BCUT2D eigenvalue weighted by Gasteiger charge is 1.89. The molecule has 0 aliphatic carbocycles. The summed E-state index contributed by atoms with van der Waals surface area (Å²) in [6.45, 7) is 7.68. The monoisotopic (exact) mass is 123 g/mol. The van der Waals surface area contributed by atoms with E-state index in [0.717, 1.165) is 12.0 Å². The van der Waals surface area contributed by atoms with Gasteiger partial charge in [0, 0.05) is 6.21 Å². The molecular formula is C8H13N. The van der Waals surface area contributed by atoms with Crippen LogP contribution in [-0.4, -0.2) is 6.21 Å². The average molecular weight is 123 g/mol. The lowest BCUT2D eigenvalue weighted by molar-refractivity contribution is 1.09. The molecule has 0 spiro atoms. The molecule has 0 atom stereocenters. The molecule has 9 heavy (non-hydrogen) atoms. The van der Waals surface area contributed by atoms with Gasteiger partial charge in [0.15, 0.2) is 0 Å². The van der Waals surface area contributed by atoms with Crippen molar-refractivity contribution in [2.45, 2.75) is 20.3 Å². The van der Waals surface area contributed by atoms with Crippen LogP contribution in [0.5, 0.6) is 0 Å². The van der Waals surface area contributed by atoms with E-state index in [2.05, 4.69) is 13.5 Å². The van der Waals surface area contributed by atoms with Crippen LogP contribution < -0.4 is 0 Å². The molecule has 0 aliphatic heterocycles. The van der Waals surface area contributed by atoms with Gasteiger partial charge in [-0.2, -0.15) is 0 Å². The summed E-state index contributed by atoms with van der Waals surface area (Å²) in [6.07, 6.45) is 4.05. The van der Waals surface area contributed by atoms with Crippen molar-refractivity contribution in [3.63, 3.8) is 0 Å². The molecule has 0 heterocycles. The zero-order valence-corrected chi connectivity index (χ0v) is 6.07. The van der Waals surface area contributed by atoms with Gasteiger partial charge in [0.1, 0.15) is 0 Å². The van der Waals surface area contributed by atoms with E-state index in [9.17, 15) is 0 Å². The Hall–Kier alpha value is -0.850. The van der Waals surface area contributed by atoms with E-state index in [1.807, 2.05) is 6.92 Å². The van der Waals surface area contributed by atoms with E-state index in [0.29, 0.717) is 0 Å². The van der Waals surface area contributed by atoms with Crippen molar-refractivity contribution < 1.29 is 0 Å². The van der Waals surface area contributed by atoms with Gasteiger partial charge in [0.05, 0.1) is 0 Å². The van der Waals surface area contributed by atoms with Crippen molar-refractivity contribution in [3.05, 3.63) is 23.8 Å². The molecule has 0 aliphatic rings. The normalized spacial score (nSPS) is 12.2. The van der Waals surface area contributed by atoms with E-state index in [1.54, 1.807) is 6.08 Å². The lowest BCUT2D eigenvalue weighted by atomic mass is 10.1. The topological polar surface area (TPSA) is 23.9 Å². The lowest BCUT2D eigenvalue weighted by Crippen LogP contribution is -1.83. The maximum atomic E-state index is 6.94. The second-order valence-corrected chi connectivity index (χ2v) is 1.94. The van der Waals surface area contributed by atoms with Crippen LogP contribution in [0.1, 0.15) is 20.3 Å². The second-order valence-electron chi connectivity index (χ2n) is 1.94. The number of hydrogen-bond donors (Lipinski definition) is 1. The van der Waals surface area contributed by atoms with E-state index in [4.69, 9.17) is 5.41 Å². The molecule has 0 saturated carbocycles. The van der Waals surface area contributed by atoms with Crippen LogP contribution in [0.2, 0.25) is 0 Å². The summed E-state index contributed by atoms with van der Waals surface area (Å²) in [5, 5.41) is 6.94. The molecule has 0 bridgehead atoms. The lowest BCUT2D eigenvalue weighted by Gasteiger charge is -1.96. The van der Waals surface area contributed by atoms with Crippen molar-refractivity contribution in [1.82, 2.24) is 0 Å². The summed E-state index contributed by atoms with van der Waals surface area (Å²) in [6, 6.07) is 0. The molecule has 0 fully saturated rings. The van der Waals surface area contributed by atoms with Gasteiger partial charge in [0.25, 0.3) is 0 Å². The predicted octanol–water partition coefficient (Wildman–Crippen LogP) is 2.55. The third-order valence-electron chi connectivity index (χ3n) is 1.40. The minimum Gasteiger partial charge on any atom is -0.308 e. The number of rotatable bonds is 3. The van der Waals surface area contributed by atoms with Gasteiger partial charge in [-0.25, -0.2) is 0 Å². The zero-order chi connectivity index (χ0) is 7.28. The Kier molecular flexibility index (Phi) is 3.69. The van der Waals surface area contributed by atoms with Gasteiger partial charge < -0.3 is 5.41 Å². The quantitative estimate of drug-likeness (QED) is 0.440. The van der Waals surface area contributed by atoms with Gasteiger partial charge in [-0.15, -0.1) is 0 Å². The van der Waals surface area contributed by atoms with E-state index in [1.165, 1.54) is 11.8 Å². The predicted molar refractivity (Wildman–Crippen MR) is 42.0 cm³/mol. The fraction of sp³-hybridized carbons (Fsp3) is 0.375. The van der Waals surface area contributed by atoms with Crippen molar-refractivity contribution in [3.8, 4) is 0 Å². The maximum Gasteiger partial charge on any atom is 0.0249 e. The summed E-state index contributed by atoms with van der Waals surface area (Å²) in [5.41, 5.74) is 2.16. The Morgan fingerprint density at radius 2 is 2.22 bits per heavy atom. The molecule has 0 aromatic carbocycles. The smallest absolute Gasteiger partial charge is 0.0249 e. The van der Waals surface area contributed by atoms with E-state index >= 15 is 0 Å². The summed E-state index contributed by atoms with van der Waals surface area (Å²) in [7, 11) is 0. The first-order chi connectivity index (χ1) is 4.26. The summed E-state index contributed by atoms with van der Waals surface area (Å²) < 4.78 is 0. The van der Waals surface area contributed by atoms with Gasteiger partial charge in [-0.3, -0.25) is 0 Å². The average Bonchev–Trinajstić information content (AvgIpc) is 1.90. The summed E-state index contributed by atoms with van der Waals surface area (Å²) >= 11 is 0.